The standard InChI is InChI=1S/C7H7BrFN/c1-2-6-3-5(8)4-7(9)10-6/h3-4H,2H2,1H3/i1D3,2D2. The number of aryl methyl sites for hydroxylation is 1. The van der Waals surface area contributed by atoms with E-state index in [1.54, 1.807) is 0 Å². The third kappa shape index (κ3) is 1.77. The van der Waals surface area contributed by atoms with Crippen LogP contribution in [0, 0.1) is 5.95 Å². The molecular formula is C7H7BrFN. The zero-order valence-corrected chi connectivity index (χ0v) is 6.44. The average molecular weight is 209 g/mol. The predicted molar refractivity (Wildman–Crippen MR) is 41.3 cm³/mol. The lowest BCUT2D eigenvalue weighted by Gasteiger charge is -1.95. The highest BCUT2D eigenvalue weighted by Gasteiger charge is 1.96. The minimum atomic E-state index is -2.88. The zero-order valence-electron chi connectivity index (χ0n) is 9.86. The summed E-state index contributed by atoms with van der Waals surface area (Å²) >= 11 is 2.94. The van der Waals surface area contributed by atoms with Crippen LogP contribution in [0.2, 0.25) is 0 Å². The molecule has 0 radical (unpaired) electrons. The summed E-state index contributed by atoms with van der Waals surface area (Å²) in [4.78, 5) is 3.24. The van der Waals surface area contributed by atoms with E-state index in [9.17, 15) is 4.39 Å². The molecule has 0 saturated carbocycles. The van der Waals surface area contributed by atoms with E-state index in [0.29, 0.717) is 0 Å². The van der Waals surface area contributed by atoms with E-state index in [-0.39, 0.29) is 4.47 Å². The highest BCUT2D eigenvalue weighted by atomic mass is 79.9. The molecule has 0 aliphatic rings. The highest BCUT2D eigenvalue weighted by molar-refractivity contribution is 9.10. The van der Waals surface area contributed by atoms with Gasteiger partial charge in [0.15, 0.2) is 0 Å². The first-order valence-corrected chi connectivity index (χ1v) is 3.27. The summed E-state index contributed by atoms with van der Waals surface area (Å²) < 4.78 is 48.8. The zero-order chi connectivity index (χ0) is 11.9. The topological polar surface area (TPSA) is 12.9 Å². The van der Waals surface area contributed by atoms with Crippen molar-refractivity contribution in [2.45, 2.75) is 13.2 Å². The van der Waals surface area contributed by atoms with Crippen LogP contribution < -0.4 is 0 Å². The number of hydrogen-bond donors (Lipinski definition) is 0. The van der Waals surface area contributed by atoms with Gasteiger partial charge in [0.1, 0.15) is 0 Å². The van der Waals surface area contributed by atoms with E-state index in [4.69, 9.17) is 6.85 Å². The largest absolute Gasteiger partial charge is 0.225 e. The third-order valence-corrected chi connectivity index (χ3v) is 1.34. The van der Waals surface area contributed by atoms with Crippen LogP contribution in [0.15, 0.2) is 16.6 Å². The number of rotatable bonds is 1. The maximum absolute atomic E-state index is 12.9. The Morgan fingerprint density at radius 3 is 3.30 bits per heavy atom. The molecule has 0 unspecified atom stereocenters. The monoisotopic (exact) mass is 208 g/mol. The Kier molecular flexibility index (Phi) is 1.02. The SMILES string of the molecule is [2H]C([2H])([2H])C([2H])([2H])c1cc(Br)cc(F)n1. The van der Waals surface area contributed by atoms with Gasteiger partial charge in [-0.15, -0.1) is 0 Å². The molecule has 0 aliphatic heterocycles. The van der Waals surface area contributed by atoms with Gasteiger partial charge >= 0.3 is 0 Å². The van der Waals surface area contributed by atoms with Crippen LogP contribution in [0.25, 0.3) is 0 Å². The van der Waals surface area contributed by atoms with Crippen molar-refractivity contribution in [3.05, 3.63) is 28.2 Å². The molecule has 10 heavy (non-hydrogen) atoms. The summed E-state index contributed by atoms with van der Waals surface area (Å²) in [5.74, 6) is -0.924. The molecule has 0 fully saturated rings. The second-order valence-corrected chi connectivity index (χ2v) is 2.53. The number of aromatic nitrogens is 1. The highest BCUT2D eigenvalue weighted by Crippen LogP contribution is 2.11. The van der Waals surface area contributed by atoms with Gasteiger partial charge in [0.2, 0.25) is 5.95 Å². The minimum Gasteiger partial charge on any atom is -0.225 e. The first-order chi connectivity index (χ1) is 6.64. The van der Waals surface area contributed by atoms with E-state index in [0.717, 1.165) is 12.1 Å². The van der Waals surface area contributed by atoms with Gasteiger partial charge in [-0.25, -0.2) is 4.98 Å². The van der Waals surface area contributed by atoms with Gasteiger partial charge in [0.25, 0.3) is 0 Å². The van der Waals surface area contributed by atoms with Crippen molar-refractivity contribution >= 4 is 15.9 Å². The first-order valence-electron chi connectivity index (χ1n) is 4.98. The average Bonchev–Trinajstić information content (AvgIpc) is 1.99. The van der Waals surface area contributed by atoms with Gasteiger partial charge in [-0.05, 0) is 12.4 Å². The second kappa shape index (κ2) is 3.10. The molecule has 1 aromatic heterocycles. The predicted octanol–water partition coefficient (Wildman–Crippen LogP) is 2.55. The summed E-state index contributed by atoms with van der Waals surface area (Å²) in [5, 5.41) is 0. The van der Waals surface area contributed by atoms with Crippen molar-refractivity contribution in [2.75, 3.05) is 0 Å². The molecular weight excluding hydrogens is 197 g/mol. The van der Waals surface area contributed by atoms with Crippen LogP contribution in [0.3, 0.4) is 0 Å². The van der Waals surface area contributed by atoms with Crippen molar-refractivity contribution < 1.29 is 11.2 Å². The summed E-state index contributed by atoms with van der Waals surface area (Å²) in [6.45, 7) is -2.88. The molecule has 0 atom stereocenters. The Morgan fingerprint density at radius 2 is 2.70 bits per heavy atom. The lowest BCUT2D eigenvalue weighted by atomic mass is 10.3. The van der Waals surface area contributed by atoms with Gasteiger partial charge in [-0.1, -0.05) is 22.8 Å². The molecule has 0 aliphatic carbocycles. The number of pyridine rings is 1. The van der Waals surface area contributed by atoms with Gasteiger partial charge in [0.05, 0.1) is 0 Å². The Balaban J connectivity index is 3.27. The van der Waals surface area contributed by atoms with Crippen LogP contribution in [0.4, 0.5) is 4.39 Å². The molecule has 0 bridgehead atoms. The molecule has 3 heteroatoms. The molecule has 1 aromatic rings. The second-order valence-electron chi connectivity index (χ2n) is 1.62. The Bertz CT molecular complexity index is 358. The van der Waals surface area contributed by atoms with E-state index in [2.05, 4.69) is 20.9 Å². The summed E-state index contributed by atoms with van der Waals surface area (Å²) in [5.41, 5.74) is -0.450. The van der Waals surface area contributed by atoms with Crippen LogP contribution in [-0.2, 0) is 6.37 Å². The molecule has 0 amide bonds. The summed E-state index contributed by atoms with van der Waals surface area (Å²) in [6, 6.07) is 2.18. The number of nitrogens with zero attached hydrogens (tertiary/aromatic N) is 1. The molecule has 0 spiro atoms. The van der Waals surface area contributed by atoms with Crippen molar-refractivity contribution in [3.63, 3.8) is 0 Å². The van der Waals surface area contributed by atoms with E-state index in [1.807, 2.05) is 0 Å². The van der Waals surface area contributed by atoms with E-state index in [1.165, 1.54) is 0 Å². The van der Waals surface area contributed by atoms with Gasteiger partial charge in [-0.3, -0.25) is 0 Å². The minimum absolute atomic E-state index is 0.248. The smallest absolute Gasteiger partial charge is 0.214 e. The molecule has 0 saturated heterocycles. The van der Waals surface area contributed by atoms with Crippen molar-refractivity contribution in [3.8, 4) is 0 Å². The molecule has 54 valence electrons. The third-order valence-electron chi connectivity index (χ3n) is 0.887. The van der Waals surface area contributed by atoms with E-state index >= 15 is 0 Å². The fraction of sp³-hybridized carbons (Fsp3) is 0.286. The van der Waals surface area contributed by atoms with Crippen molar-refractivity contribution in [1.82, 2.24) is 4.98 Å². The fourth-order valence-electron chi connectivity index (χ4n) is 0.530. The molecule has 0 N–H and O–H groups in total. The lowest BCUT2D eigenvalue weighted by molar-refractivity contribution is 0.576. The first kappa shape index (κ1) is 3.30. The quantitative estimate of drug-likeness (QED) is 0.647. The van der Waals surface area contributed by atoms with Crippen LogP contribution in [-0.4, -0.2) is 4.98 Å². The normalized spacial score (nSPS) is 20.0. The van der Waals surface area contributed by atoms with Gasteiger partial charge in [0, 0.05) is 23.1 Å². The van der Waals surface area contributed by atoms with Crippen LogP contribution in [0.5, 0.6) is 0 Å². The van der Waals surface area contributed by atoms with Crippen LogP contribution >= 0.6 is 15.9 Å². The maximum atomic E-state index is 12.9. The molecule has 1 nitrogen and oxygen atoms in total. The van der Waals surface area contributed by atoms with Crippen molar-refractivity contribution in [2.24, 2.45) is 0 Å². The fourth-order valence-corrected chi connectivity index (χ4v) is 0.935. The lowest BCUT2D eigenvalue weighted by Crippen LogP contribution is -1.89. The van der Waals surface area contributed by atoms with Crippen LogP contribution in [0.1, 0.15) is 19.4 Å². The summed E-state index contributed by atoms with van der Waals surface area (Å²) in [7, 11) is 0. The Morgan fingerprint density at radius 1 is 1.90 bits per heavy atom. The van der Waals surface area contributed by atoms with Crippen molar-refractivity contribution in [1.29, 1.82) is 0 Å². The Labute approximate surface area is 74.4 Å². The van der Waals surface area contributed by atoms with Gasteiger partial charge in [-0.2, -0.15) is 4.39 Å². The molecule has 0 aromatic carbocycles. The van der Waals surface area contributed by atoms with Gasteiger partial charge < -0.3 is 0 Å². The molecule has 1 heterocycles. The maximum Gasteiger partial charge on any atom is 0.214 e. The summed E-state index contributed by atoms with van der Waals surface area (Å²) in [6.07, 6.45) is -2.67. The Hall–Kier alpha value is -0.440. The number of halogens is 2. The number of hydrogen-bond acceptors (Lipinski definition) is 1. The van der Waals surface area contributed by atoms with E-state index < -0.39 is 24.9 Å². The molecule has 1 rings (SSSR count).